The molecule has 3 rings (SSSR count). The maximum atomic E-state index is 12.1. The van der Waals surface area contributed by atoms with Crippen molar-refractivity contribution in [3.05, 3.63) is 28.8 Å². The Morgan fingerprint density at radius 3 is 2.19 bits per heavy atom. The van der Waals surface area contributed by atoms with E-state index >= 15 is 0 Å². The summed E-state index contributed by atoms with van der Waals surface area (Å²) in [7, 11) is 1.43. The van der Waals surface area contributed by atoms with Gasteiger partial charge in [0.1, 0.15) is 11.3 Å². The average Bonchev–Trinajstić information content (AvgIpc) is 3.19. The molecule has 21 heavy (non-hydrogen) atoms. The van der Waals surface area contributed by atoms with Gasteiger partial charge in [-0.1, -0.05) is 6.42 Å². The lowest BCUT2D eigenvalue weighted by Gasteiger charge is -2.29. The van der Waals surface area contributed by atoms with Crippen LogP contribution in [0.1, 0.15) is 79.3 Å². The van der Waals surface area contributed by atoms with Crippen molar-refractivity contribution in [2.45, 2.75) is 63.9 Å². The van der Waals surface area contributed by atoms with Gasteiger partial charge in [0.05, 0.1) is 13.2 Å². The van der Waals surface area contributed by atoms with Gasteiger partial charge in [0.15, 0.2) is 0 Å². The molecule has 2 saturated carbocycles. The van der Waals surface area contributed by atoms with Crippen molar-refractivity contribution in [2.75, 3.05) is 7.11 Å². The van der Waals surface area contributed by atoms with E-state index in [4.69, 9.17) is 9.47 Å². The molecule has 0 aliphatic heterocycles. The van der Waals surface area contributed by atoms with Crippen LogP contribution in [-0.4, -0.2) is 19.2 Å². The third-order valence-electron chi connectivity index (χ3n) is 4.52. The zero-order valence-electron chi connectivity index (χ0n) is 13.1. The van der Waals surface area contributed by atoms with E-state index in [0.717, 1.165) is 0 Å². The van der Waals surface area contributed by atoms with Crippen molar-refractivity contribution >= 4 is 5.97 Å². The van der Waals surface area contributed by atoms with Gasteiger partial charge in [-0.15, -0.1) is 0 Å². The van der Waals surface area contributed by atoms with Gasteiger partial charge >= 0.3 is 5.97 Å². The van der Waals surface area contributed by atoms with Crippen LogP contribution in [0.15, 0.2) is 12.1 Å². The first-order valence-corrected chi connectivity index (χ1v) is 8.03. The Balaban J connectivity index is 2.04. The number of benzene rings is 1. The first-order chi connectivity index (χ1) is 10.1. The monoisotopic (exact) mass is 288 g/mol. The number of carbonyl (C=O) groups is 1. The Morgan fingerprint density at radius 2 is 1.71 bits per heavy atom. The quantitative estimate of drug-likeness (QED) is 0.753. The summed E-state index contributed by atoms with van der Waals surface area (Å²) in [6, 6.07) is 4.15. The largest absolute Gasteiger partial charge is 0.490 e. The van der Waals surface area contributed by atoms with Crippen LogP contribution in [0.2, 0.25) is 0 Å². The van der Waals surface area contributed by atoms with E-state index in [1.165, 1.54) is 50.3 Å². The molecule has 114 valence electrons. The summed E-state index contributed by atoms with van der Waals surface area (Å²) in [4.78, 5) is 12.1. The molecule has 0 atom stereocenters. The molecule has 0 aromatic heterocycles. The molecule has 1 aromatic rings. The molecule has 0 N–H and O–H groups in total. The van der Waals surface area contributed by atoms with Gasteiger partial charge in [0, 0.05) is 0 Å². The summed E-state index contributed by atoms with van der Waals surface area (Å²) in [6.07, 6.45) is 6.37. The lowest BCUT2D eigenvalue weighted by Crippen LogP contribution is -2.16. The maximum Gasteiger partial charge on any atom is 0.341 e. The fraction of sp³-hybridized carbons (Fsp3) is 0.611. The first kappa shape index (κ1) is 14.4. The fourth-order valence-corrected chi connectivity index (χ4v) is 3.05. The number of methoxy groups -OCH3 is 1. The second-order valence-electron chi connectivity index (χ2n) is 6.54. The number of rotatable bonds is 5. The van der Waals surface area contributed by atoms with Crippen molar-refractivity contribution in [1.29, 1.82) is 0 Å². The molecule has 3 nitrogen and oxygen atoms in total. The number of carbonyl (C=O) groups excluding carboxylic acids is 1. The Kier molecular flexibility index (Phi) is 3.92. The van der Waals surface area contributed by atoms with Gasteiger partial charge in [-0.3, -0.25) is 0 Å². The van der Waals surface area contributed by atoms with Crippen LogP contribution in [0.25, 0.3) is 0 Å². The number of esters is 1. The third kappa shape index (κ3) is 2.92. The van der Waals surface area contributed by atoms with Crippen molar-refractivity contribution in [2.24, 2.45) is 0 Å². The van der Waals surface area contributed by atoms with Gasteiger partial charge in [-0.25, -0.2) is 4.79 Å². The average molecular weight is 288 g/mol. The minimum atomic E-state index is -0.298. The maximum absolute atomic E-state index is 12.1. The van der Waals surface area contributed by atoms with E-state index in [-0.39, 0.29) is 12.1 Å². The Morgan fingerprint density at radius 1 is 1.10 bits per heavy atom. The fourth-order valence-electron chi connectivity index (χ4n) is 3.05. The van der Waals surface area contributed by atoms with Crippen LogP contribution in [0.5, 0.6) is 5.75 Å². The highest BCUT2D eigenvalue weighted by molar-refractivity contribution is 5.93. The molecular weight excluding hydrogens is 264 g/mol. The molecule has 0 radical (unpaired) electrons. The van der Waals surface area contributed by atoms with Gasteiger partial charge in [0.2, 0.25) is 0 Å². The zero-order chi connectivity index (χ0) is 15.0. The van der Waals surface area contributed by atoms with E-state index in [0.29, 0.717) is 23.1 Å². The normalized spacial score (nSPS) is 18.5. The summed E-state index contributed by atoms with van der Waals surface area (Å²) >= 11 is 0. The van der Waals surface area contributed by atoms with Gasteiger partial charge in [-0.05, 0) is 74.6 Å². The Hall–Kier alpha value is -1.51. The van der Waals surface area contributed by atoms with E-state index < -0.39 is 0 Å². The molecule has 0 unspecified atom stereocenters. The SMILES string of the molecule is COC(=O)c1cc(C2CC2)c(C2CCC2)cc1OC(C)C. The highest BCUT2D eigenvalue weighted by Gasteiger charge is 2.33. The minimum absolute atomic E-state index is 0.0504. The third-order valence-corrected chi connectivity index (χ3v) is 4.52. The summed E-state index contributed by atoms with van der Waals surface area (Å²) < 4.78 is 10.8. The zero-order valence-corrected chi connectivity index (χ0v) is 13.1. The highest BCUT2D eigenvalue weighted by Crippen LogP contribution is 2.49. The van der Waals surface area contributed by atoms with Crippen molar-refractivity contribution in [3.63, 3.8) is 0 Å². The van der Waals surface area contributed by atoms with E-state index in [9.17, 15) is 4.79 Å². The van der Waals surface area contributed by atoms with Crippen LogP contribution in [0.3, 0.4) is 0 Å². The topological polar surface area (TPSA) is 35.5 Å². The summed E-state index contributed by atoms with van der Waals surface area (Å²) in [6.45, 7) is 3.97. The van der Waals surface area contributed by atoms with E-state index in [1.54, 1.807) is 0 Å². The van der Waals surface area contributed by atoms with Gasteiger partial charge in [-0.2, -0.15) is 0 Å². The summed E-state index contributed by atoms with van der Waals surface area (Å²) in [5, 5.41) is 0. The molecule has 2 aliphatic carbocycles. The summed E-state index contributed by atoms with van der Waals surface area (Å²) in [5.41, 5.74) is 3.35. The van der Waals surface area contributed by atoms with Gasteiger partial charge in [0.25, 0.3) is 0 Å². The van der Waals surface area contributed by atoms with E-state index in [2.05, 4.69) is 6.07 Å². The Labute approximate surface area is 126 Å². The molecule has 2 aliphatic rings. The van der Waals surface area contributed by atoms with Crippen LogP contribution < -0.4 is 4.74 Å². The van der Waals surface area contributed by atoms with Crippen LogP contribution >= 0.6 is 0 Å². The molecule has 0 amide bonds. The molecule has 3 heteroatoms. The van der Waals surface area contributed by atoms with Crippen molar-refractivity contribution < 1.29 is 14.3 Å². The number of hydrogen-bond acceptors (Lipinski definition) is 3. The predicted molar refractivity (Wildman–Crippen MR) is 82.1 cm³/mol. The standard InChI is InChI=1S/C18H24O3/c1-11(2)21-17-10-15(12-5-4-6-12)14(13-7-8-13)9-16(17)18(19)20-3/h9-13H,4-8H2,1-3H3. The van der Waals surface area contributed by atoms with Crippen LogP contribution in [0.4, 0.5) is 0 Å². The molecule has 0 bridgehead atoms. The molecule has 0 spiro atoms. The smallest absolute Gasteiger partial charge is 0.341 e. The van der Waals surface area contributed by atoms with Gasteiger partial charge < -0.3 is 9.47 Å². The van der Waals surface area contributed by atoms with Crippen molar-refractivity contribution in [3.8, 4) is 5.75 Å². The first-order valence-electron chi connectivity index (χ1n) is 8.03. The Bertz CT molecular complexity index is 540. The molecule has 1 aromatic carbocycles. The van der Waals surface area contributed by atoms with Crippen molar-refractivity contribution in [1.82, 2.24) is 0 Å². The predicted octanol–water partition coefficient (Wildman–Crippen LogP) is 4.41. The van der Waals surface area contributed by atoms with E-state index in [1.807, 2.05) is 19.9 Å². The second-order valence-corrected chi connectivity index (χ2v) is 6.54. The molecule has 0 heterocycles. The molecule has 2 fully saturated rings. The molecule has 0 saturated heterocycles. The highest BCUT2D eigenvalue weighted by atomic mass is 16.5. The molecular formula is C18H24O3. The lowest BCUT2D eigenvalue weighted by atomic mass is 9.77. The number of hydrogen-bond donors (Lipinski definition) is 0. The lowest BCUT2D eigenvalue weighted by molar-refractivity contribution is 0.0594. The number of ether oxygens (including phenoxy) is 2. The van der Waals surface area contributed by atoms with Crippen LogP contribution in [0, 0.1) is 0 Å². The second kappa shape index (κ2) is 5.70. The minimum Gasteiger partial charge on any atom is -0.490 e. The summed E-state index contributed by atoms with van der Waals surface area (Å²) in [5.74, 6) is 1.68. The van der Waals surface area contributed by atoms with Crippen LogP contribution in [-0.2, 0) is 4.74 Å².